The number of halogens is 1. The summed E-state index contributed by atoms with van der Waals surface area (Å²) >= 11 is 0. The highest BCUT2D eigenvalue weighted by atomic mass is 19.1. The number of carbonyl (C=O) groups excluding carboxylic acids is 1. The average molecular weight is 317 g/mol. The van der Waals surface area contributed by atoms with Gasteiger partial charge in [-0.25, -0.2) is 4.39 Å². The monoisotopic (exact) mass is 317 g/mol. The largest absolute Gasteiger partial charge is 0.497 e. The lowest BCUT2D eigenvalue weighted by Crippen LogP contribution is -2.37. The van der Waals surface area contributed by atoms with Crippen molar-refractivity contribution in [2.75, 3.05) is 13.7 Å². The smallest absolute Gasteiger partial charge is 0.260 e. The van der Waals surface area contributed by atoms with Gasteiger partial charge < -0.3 is 14.8 Å². The van der Waals surface area contributed by atoms with Gasteiger partial charge in [0.1, 0.15) is 17.3 Å². The molecule has 0 saturated heterocycles. The van der Waals surface area contributed by atoms with E-state index in [0.717, 1.165) is 5.56 Å². The molecule has 23 heavy (non-hydrogen) atoms. The molecular weight excluding hydrogens is 297 g/mol. The van der Waals surface area contributed by atoms with E-state index in [1.54, 1.807) is 50.4 Å². The molecule has 1 N–H and O–H groups in total. The molecule has 0 aliphatic carbocycles. The Kier molecular flexibility index (Phi) is 5.97. The zero-order chi connectivity index (χ0) is 16.7. The number of hydrogen-bond donors (Lipinski definition) is 1. The van der Waals surface area contributed by atoms with Crippen molar-refractivity contribution in [3.05, 3.63) is 59.9 Å². The van der Waals surface area contributed by atoms with Crippen LogP contribution < -0.4 is 14.8 Å². The summed E-state index contributed by atoms with van der Waals surface area (Å²) < 4.78 is 23.5. The van der Waals surface area contributed by atoms with Gasteiger partial charge in [0, 0.05) is 12.6 Å². The molecule has 0 aliphatic heterocycles. The van der Waals surface area contributed by atoms with E-state index in [2.05, 4.69) is 5.32 Å². The summed E-state index contributed by atoms with van der Waals surface area (Å²) in [6.07, 6.45) is 0.0214. The highest BCUT2D eigenvalue weighted by Gasteiger charge is 2.14. The standard InChI is InChI=1S/C18H20FNO3/c1-13(23-17-5-3-4-16(12-17)22-2)18(21)20-11-10-14-6-8-15(19)9-7-14/h3-9,12-13H,10-11H2,1-2H3,(H,20,21). The number of carbonyl (C=O) groups is 1. The summed E-state index contributed by atoms with van der Waals surface area (Å²) in [6.45, 7) is 2.16. The number of methoxy groups -OCH3 is 1. The molecule has 0 heterocycles. The maximum Gasteiger partial charge on any atom is 0.260 e. The molecule has 0 spiro atoms. The van der Waals surface area contributed by atoms with Crippen LogP contribution in [0.2, 0.25) is 0 Å². The second-order valence-electron chi connectivity index (χ2n) is 5.11. The summed E-state index contributed by atoms with van der Waals surface area (Å²) in [4.78, 5) is 12.0. The van der Waals surface area contributed by atoms with E-state index >= 15 is 0 Å². The van der Waals surface area contributed by atoms with Crippen LogP contribution in [0.15, 0.2) is 48.5 Å². The molecule has 1 unspecified atom stereocenters. The first-order valence-electron chi connectivity index (χ1n) is 7.41. The van der Waals surface area contributed by atoms with Crippen molar-refractivity contribution in [3.63, 3.8) is 0 Å². The predicted octanol–water partition coefficient (Wildman–Crippen LogP) is 2.96. The maximum atomic E-state index is 12.8. The number of amides is 1. The van der Waals surface area contributed by atoms with Gasteiger partial charge in [-0.15, -0.1) is 0 Å². The lowest BCUT2D eigenvalue weighted by molar-refractivity contribution is -0.127. The summed E-state index contributed by atoms with van der Waals surface area (Å²) in [7, 11) is 1.57. The molecule has 2 aromatic rings. The lowest BCUT2D eigenvalue weighted by Gasteiger charge is -2.15. The summed E-state index contributed by atoms with van der Waals surface area (Å²) in [5.74, 6) is 0.782. The van der Waals surface area contributed by atoms with Crippen LogP contribution in [0.5, 0.6) is 11.5 Å². The quantitative estimate of drug-likeness (QED) is 0.854. The van der Waals surface area contributed by atoms with Crippen LogP contribution in [0.4, 0.5) is 4.39 Å². The van der Waals surface area contributed by atoms with E-state index in [1.807, 2.05) is 0 Å². The van der Waals surface area contributed by atoms with Gasteiger partial charge in [0.25, 0.3) is 5.91 Å². The fraction of sp³-hybridized carbons (Fsp3) is 0.278. The summed E-state index contributed by atoms with van der Waals surface area (Å²) in [5, 5.41) is 2.81. The van der Waals surface area contributed by atoms with Crippen LogP contribution in [-0.2, 0) is 11.2 Å². The van der Waals surface area contributed by atoms with Crippen molar-refractivity contribution in [2.24, 2.45) is 0 Å². The summed E-state index contributed by atoms with van der Waals surface area (Å²) in [6, 6.07) is 13.3. The van der Waals surface area contributed by atoms with Crippen LogP contribution in [0.1, 0.15) is 12.5 Å². The molecule has 4 nitrogen and oxygen atoms in total. The van der Waals surface area contributed by atoms with Crippen molar-refractivity contribution in [1.29, 1.82) is 0 Å². The highest BCUT2D eigenvalue weighted by molar-refractivity contribution is 5.80. The minimum atomic E-state index is -0.615. The first-order valence-corrected chi connectivity index (χ1v) is 7.41. The van der Waals surface area contributed by atoms with Gasteiger partial charge >= 0.3 is 0 Å². The first-order chi connectivity index (χ1) is 11.1. The van der Waals surface area contributed by atoms with Crippen LogP contribution in [-0.4, -0.2) is 25.7 Å². The third kappa shape index (κ3) is 5.29. The molecule has 1 atom stereocenters. The molecule has 2 rings (SSSR count). The molecular formula is C18H20FNO3. The molecule has 0 fully saturated rings. The van der Waals surface area contributed by atoms with Crippen LogP contribution in [0.3, 0.4) is 0 Å². The third-order valence-electron chi connectivity index (χ3n) is 3.35. The van der Waals surface area contributed by atoms with Crippen molar-refractivity contribution in [3.8, 4) is 11.5 Å². The minimum Gasteiger partial charge on any atom is -0.497 e. The summed E-state index contributed by atoms with van der Waals surface area (Å²) in [5.41, 5.74) is 0.966. The van der Waals surface area contributed by atoms with Crippen LogP contribution in [0, 0.1) is 5.82 Å². The predicted molar refractivity (Wildman–Crippen MR) is 86.2 cm³/mol. The van der Waals surface area contributed by atoms with E-state index in [0.29, 0.717) is 24.5 Å². The topological polar surface area (TPSA) is 47.6 Å². The molecule has 2 aromatic carbocycles. The number of hydrogen-bond acceptors (Lipinski definition) is 3. The van der Waals surface area contributed by atoms with E-state index in [1.165, 1.54) is 12.1 Å². The Morgan fingerprint density at radius 3 is 2.57 bits per heavy atom. The molecule has 122 valence electrons. The number of benzene rings is 2. The Morgan fingerprint density at radius 1 is 1.17 bits per heavy atom. The van der Waals surface area contributed by atoms with E-state index in [4.69, 9.17) is 9.47 Å². The van der Waals surface area contributed by atoms with Gasteiger partial charge in [-0.05, 0) is 43.2 Å². The van der Waals surface area contributed by atoms with Gasteiger partial charge in [-0.1, -0.05) is 18.2 Å². The van der Waals surface area contributed by atoms with Crippen molar-refractivity contribution >= 4 is 5.91 Å². The van der Waals surface area contributed by atoms with Gasteiger partial charge in [-0.2, -0.15) is 0 Å². The van der Waals surface area contributed by atoms with Gasteiger partial charge in [-0.3, -0.25) is 4.79 Å². The Hall–Kier alpha value is -2.56. The zero-order valence-corrected chi connectivity index (χ0v) is 13.2. The maximum absolute atomic E-state index is 12.8. The Labute approximate surface area is 135 Å². The molecule has 0 saturated carbocycles. The van der Waals surface area contributed by atoms with E-state index in [9.17, 15) is 9.18 Å². The van der Waals surface area contributed by atoms with Gasteiger partial charge in [0.15, 0.2) is 6.10 Å². The highest BCUT2D eigenvalue weighted by Crippen LogP contribution is 2.19. The normalized spacial score (nSPS) is 11.6. The SMILES string of the molecule is COc1cccc(OC(C)C(=O)NCCc2ccc(F)cc2)c1. The number of ether oxygens (including phenoxy) is 2. The number of nitrogens with one attached hydrogen (secondary N) is 1. The Bertz CT molecular complexity index is 643. The van der Waals surface area contributed by atoms with E-state index < -0.39 is 6.10 Å². The van der Waals surface area contributed by atoms with Crippen molar-refractivity contribution in [1.82, 2.24) is 5.32 Å². The minimum absolute atomic E-state index is 0.199. The fourth-order valence-corrected chi connectivity index (χ4v) is 2.06. The fourth-order valence-electron chi connectivity index (χ4n) is 2.06. The average Bonchev–Trinajstić information content (AvgIpc) is 2.56. The molecule has 5 heteroatoms. The van der Waals surface area contributed by atoms with Gasteiger partial charge in [0.05, 0.1) is 7.11 Å². The van der Waals surface area contributed by atoms with Crippen molar-refractivity contribution in [2.45, 2.75) is 19.4 Å². The van der Waals surface area contributed by atoms with Gasteiger partial charge in [0.2, 0.25) is 0 Å². The van der Waals surface area contributed by atoms with Crippen LogP contribution >= 0.6 is 0 Å². The second-order valence-corrected chi connectivity index (χ2v) is 5.11. The zero-order valence-electron chi connectivity index (χ0n) is 13.2. The third-order valence-corrected chi connectivity index (χ3v) is 3.35. The van der Waals surface area contributed by atoms with Crippen LogP contribution in [0.25, 0.3) is 0 Å². The second kappa shape index (κ2) is 8.17. The molecule has 0 radical (unpaired) electrons. The first kappa shape index (κ1) is 16.8. The Morgan fingerprint density at radius 2 is 1.87 bits per heavy atom. The van der Waals surface area contributed by atoms with E-state index in [-0.39, 0.29) is 11.7 Å². The lowest BCUT2D eigenvalue weighted by atomic mass is 10.1. The molecule has 0 aromatic heterocycles. The van der Waals surface area contributed by atoms with Crippen molar-refractivity contribution < 1.29 is 18.7 Å². The molecule has 0 aliphatic rings. The molecule has 1 amide bonds. The number of rotatable bonds is 7. The Balaban J connectivity index is 1.79. The molecule has 0 bridgehead atoms.